The zero-order chi connectivity index (χ0) is 16.6. The van der Waals surface area contributed by atoms with E-state index in [-0.39, 0.29) is 23.8 Å². The van der Waals surface area contributed by atoms with Gasteiger partial charge in [-0.15, -0.1) is 0 Å². The maximum atomic E-state index is 13.1. The van der Waals surface area contributed by atoms with Crippen molar-refractivity contribution >= 4 is 11.9 Å². The molecule has 3 rings (SSSR count). The maximum absolute atomic E-state index is 13.1. The van der Waals surface area contributed by atoms with Gasteiger partial charge in [0.05, 0.1) is 13.2 Å². The smallest absolute Gasteiger partial charge is 0.321 e. The van der Waals surface area contributed by atoms with Gasteiger partial charge in [-0.3, -0.25) is 14.5 Å². The number of benzene rings is 1. The van der Waals surface area contributed by atoms with E-state index in [1.54, 1.807) is 12.1 Å². The number of likely N-dealkylation sites (N-methyl/N-ethyl adjacent to an activating group) is 1. The van der Waals surface area contributed by atoms with Gasteiger partial charge in [0.25, 0.3) is 0 Å². The summed E-state index contributed by atoms with van der Waals surface area (Å²) in [6.45, 7) is 0.832. The van der Waals surface area contributed by atoms with Crippen molar-refractivity contribution in [2.45, 2.75) is 31.3 Å². The second kappa shape index (κ2) is 5.92. The fourth-order valence-corrected chi connectivity index (χ4v) is 3.40. The van der Waals surface area contributed by atoms with Gasteiger partial charge in [-0.25, -0.2) is 4.39 Å². The van der Waals surface area contributed by atoms with Crippen LogP contribution in [0.4, 0.5) is 4.39 Å². The Labute approximate surface area is 134 Å². The minimum absolute atomic E-state index is 0.0204. The standard InChI is InChI=1S/C17H21FN2O3/c1-20-10-7-13(14(20)11-3-5-12(18)6-4-11)19-15(21)17(8-9-17)16(22)23-2/h3-6,13-14H,7-10H2,1-2H3,(H,19,21)/t13-,14+/m1/s1. The Bertz CT molecular complexity index is 613. The molecule has 0 radical (unpaired) electrons. The lowest BCUT2D eigenvalue weighted by Gasteiger charge is -2.27. The highest BCUT2D eigenvalue weighted by Crippen LogP contribution is 2.47. The van der Waals surface area contributed by atoms with E-state index in [1.807, 2.05) is 7.05 Å². The van der Waals surface area contributed by atoms with Crippen LogP contribution >= 0.6 is 0 Å². The number of halogens is 1. The fraction of sp³-hybridized carbons (Fsp3) is 0.529. The summed E-state index contributed by atoms with van der Waals surface area (Å²) in [5.74, 6) is -0.992. The number of hydrogen-bond acceptors (Lipinski definition) is 4. The van der Waals surface area contributed by atoms with E-state index < -0.39 is 11.4 Å². The Morgan fingerprint density at radius 1 is 1.30 bits per heavy atom. The molecule has 1 amide bonds. The molecule has 23 heavy (non-hydrogen) atoms. The molecule has 0 aromatic heterocycles. The zero-order valence-corrected chi connectivity index (χ0v) is 13.3. The molecule has 5 nitrogen and oxygen atoms in total. The van der Waals surface area contributed by atoms with Crippen molar-refractivity contribution in [1.29, 1.82) is 0 Å². The third-order valence-corrected chi connectivity index (χ3v) is 4.94. The average Bonchev–Trinajstić information content (AvgIpc) is 3.28. The Kier molecular flexibility index (Phi) is 4.10. The molecule has 0 bridgehead atoms. The van der Waals surface area contributed by atoms with Crippen LogP contribution in [-0.2, 0) is 14.3 Å². The Morgan fingerprint density at radius 3 is 2.52 bits per heavy atom. The molecule has 1 aliphatic heterocycles. The monoisotopic (exact) mass is 320 g/mol. The van der Waals surface area contributed by atoms with Crippen molar-refractivity contribution in [3.63, 3.8) is 0 Å². The van der Waals surface area contributed by atoms with Gasteiger partial charge in [0.15, 0.2) is 0 Å². The normalized spacial score (nSPS) is 25.9. The van der Waals surface area contributed by atoms with Gasteiger partial charge in [0.1, 0.15) is 11.2 Å². The van der Waals surface area contributed by atoms with Crippen molar-refractivity contribution < 1.29 is 18.7 Å². The molecule has 0 unspecified atom stereocenters. The molecule has 124 valence electrons. The molecule has 1 aliphatic carbocycles. The molecule has 6 heteroatoms. The number of nitrogens with zero attached hydrogens (tertiary/aromatic N) is 1. The number of carbonyl (C=O) groups is 2. The van der Waals surface area contributed by atoms with Crippen molar-refractivity contribution in [3.8, 4) is 0 Å². The number of ether oxygens (including phenoxy) is 1. The molecule has 1 saturated heterocycles. The summed E-state index contributed by atoms with van der Waals surface area (Å²) < 4.78 is 17.9. The number of amides is 1. The van der Waals surface area contributed by atoms with E-state index >= 15 is 0 Å². The minimum atomic E-state index is -0.997. The number of hydrogen-bond donors (Lipinski definition) is 1. The third-order valence-electron chi connectivity index (χ3n) is 4.94. The number of esters is 1. The molecule has 2 fully saturated rings. The van der Waals surface area contributed by atoms with Gasteiger partial charge >= 0.3 is 5.97 Å². The molecule has 1 saturated carbocycles. The lowest BCUT2D eigenvalue weighted by Crippen LogP contribution is -2.45. The Morgan fingerprint density at radius 2 is 1.96 bits per heavy atom. The van der Waals surface area contributed by atoms with Crippen LogP contribution in [0.2, 0.25) is 0 Å². The summed E-state index contributed by atoms with van der Waals surface area (Å²) in [6, 6.07) is 6.23. The Hall–Kier alpha value is -1.95. The number of likely N-dealkylation sites (tertiary alicyclic amines) is 1. The fourth-order valence-electron chi connectivity index (χ4n) is 3.40. The van der Waals surface area contributed by atoms with E-state index in [0.29, 0.717) is 12.8 Å². The number of rotatable bonds is 4. The Balaban J connectivity index is 1.75. The second-order valence-electron chi connectivity index (χ2n) is 6.42. The maximum Gasteiger partial charge on any atom is 0.321 e. The molecule has 1 N–H and O–H groups in total. The summed E-state index contributed by atoms with van der Waals surface area (Å²) in [4.78, 5) is 26.5. The summed E-state index contributed by atoms with van der Waals surface area (Å²) in [7, 11) is 3.29. The van der Waals surface area contributed by atoms with Crippen molar-refractivity contribution in [1.82, 2.24) is 10.2 Å². The number of methoxy groups -OCH3 is 1. The molecular weight excluding hydrogens is 299 g/mol. The highest BCUT2D eigenvalue weighted by atomic mass is 19.1. The van der Waals surface area contributed by atoms with E-state index in [9.17, 15) is 14.0 Å². The van der Waals surface area contributed by atoms with Crippen LogP contribution in [0.15, 0.2) is 24.3 Å². The van der Waals surface area contributed by atoms with Gasteiger partial charge in [-0.05, 0) is 44.0 Å². The highest BCUT2D eigenvalue weighted by Gasteiger charge is 2.58. The van der Waals surface area contributed by atoms with Gasteiger partial charge in [0.2, 0.25) is 5.91 Å². The van der Waals surface area contributed by atoms with Crippen LogP contribution in [-0.4, -0.2) is 43.5 Å². The van der Waals surface area contributed by atoms with Crippen molar-refractivity contribution in [3.05, 3.63) is 35.6 Å². The number of nitrogens with one attached hydrogen (secondary N) is 1. The van der Waals surface area contributed by atoms with E-state index in [4.69, 9.17) is 4.74 Å². The second-order valence-corrected chi connectivity index (χ2v) is 6.42. The quantitative estimate of drug-likeness (QED) is 0.677. The van der Waals surface area contributed by atoms with Crippen molar-refractivity contribution in [2.24, 2.45) is 5.41 Å². The van der Waals surface area contributed by atoms with Crippen LogP contribution in [0.5, 0.6) is 0 Å². The molecule has 1 aromatic rings. The topological polar surface area (TPSA) is 58.6 Å². The van der Waals surface area contributed by atoms with Gasteiger partial charge in [-0.1, -0.05) is 12.1 Å². The van der Waals surface area contributed by atoms with Gasteiger partial charge in [-0.2, -0.15) is 0 Å². The first kappa shape index (κ1) is 15.9. The van der Waals surface area contributed by atoms with Gasteiger partial charge < -0.3 is 10.1 Å². The molecule has 2 atom stereocenters. The predicted octanol–water partition coefficient (Wildman–Crippen LogP) is 1.64. The average molecular weight is 320 g/mol. The predicted molar refractivity (Wildman–Crippen MR) is 82.0 cm³/mol. The highest BCUT2D eigenvalue weighted by molar-refractivity contribution is 6.05. The van der Waals surface area contributed by atoms with Crippen LogP contribution < -0.4 is 5.32 Å². The summed E-state index contributed by atoms with van der Waals surface area (Å²) in [5, 5.41) is 3.02. The molecular formula is C17H21FN2O3. The summed E-state index contributed by atoms with van der Waals surface area (Å²) in [5.41, 5.74) is -0.0388. The van der Waals surface area contributed by atoms with Gasteiger partial charge in [0, 0.05) is 12.6 Å². The lowest BCUT2D eigenvalue weighted by molar-refractivity contribution is -0.152. The zero-order valence-electron chi connectivity index (χ0n) is 13.3. The van der Waals surface area contributed by atoms with E-state index in [2.05, 4.69) is 10.2 Å². The summed E-state index contributed by atoms with van der Waals surface area (Å²) in [6.07, 6.45) is 1.87. The largest absolute Gasteiger partial charge is 0.468 e. The van der Waals surface area contributed by atoms with Crippen LogP contribution in [0.25, 0.3) is 0 Å². The molecule has 1 aromatic carbocycles. The first-order chi connectivity index (χ1) is 11.0. The SMILES string of the molecule is COC(=O)C1(C(=O)N[C@@H]2CCN(C)[C@H]2c2ccc(F)cc2)CC1. The van der Waals surface area contributed by atoms with Crippen LogP contribution in [0, 0.1) is 11.2 Å². The summed E-state index contributed by atoms with van der Waals surface area (Å²) >= 11 is 0. The van der Waals surface area contributed by atoms with Crippen molar-refractivity contribution in [2.75, 3.05) is 20.7 Å². The molecule has 2 aliphatic rings. The molecule has 0 spiro atoms. The minimum Gasteiger partial charge on any atom is -0.468 e. The molecule has 1 heterocycles. The van der Waals surface area contributed by atoms with E-state index in [1.165, 1.54) is 19.2 Å². The third kappa shape index (κ3) is 2.83. The first-order valence-electron chi connectivity index (χ1n) is 7.83. The van der Waals surface area contributed by atoms with Crippen LogP contribution in [0.1, 0.15) is 30.9 Å². The first-order valence-corrected chi connectivity index (χ1v) is 7.83. The lowest BCUT2D eigenvalue weighted by atomic mass is 9.98. The van der Waals surface area contributed by atoms with Crippen LogP contribution in [0.3, 0.4) is 0 Å². The number of carbonyl (C=O) groups excluding carboxylic acids is 2. The van der Waals surface area contributed by atoms with E-state index in [0.717, 1.165) is 18.5 Å².